The quantitative estimate of drug-likeness (QED) is 0.566. The topological polar surface area (TPSA) is 96.6 Å². The van der Waals surface area contributed by atoms with E-state index in [1.54, 1.807) is 13.8 Å². The van der Waals surface area contributed by atoms with E-state index in [9.17, 15) is 26.4 Å². The van der Waals surface area contributed by atoms with Gasteiger partial charge in [-0.25, -0.2) is 13.4 Å². The summed E-state index contributed by atoms with van der Waals surface area (Å²) in [6, 6.07) is 6.27. The summed E-state index contributed by atoms with van der Waals surface area (Å²) in [4.78, 5) is 19.1. The minimum absolute atomic E-state index is 0.0339. The Balaban J connectivity index is 1.75. The molecule has 1 amide bonds. The second kappa shape index (κ2) is 8.41. The summed E-state index contributed by atoms with van der Waals surface area (Å²) in [6.45, 7) is 3.75. The molecular weight excluding hydrogens is 461 g/mol. The fourth-order valence-electron chi connectivity index (χ4n) is 3.88. The SMILES string of the molecule is CCS(=O)(=O)N1CCN(C(=O)c2cc(-c3ccccc3C(F)(F)F)nc3onc(C)c23)CC1. The lowest BCUT2D eigenvalue weighted by Gasteiger charge is -2.34. The molecule has 4 rings (SSSR count). The van der Waals surface area contributed by atoms with Gasteiger partial charge >= 0.3 is 6.18 Å². The van der Waals surface area contributed by atoms with Gasteiger partial charge in [0.2, 0.25) is 10.0 Å². The predicted molar refractivity (Wildman–Crippen MR) is 114 cm³/mol. The van der Waals surface area contributed by atoms with E-state index in [2.05, 4.69) is 10.1 Å². The van der Waals surface area contributed by atoms with Gasteiger partial charge in [-0.2, -0.15) is 17.5 Å². The van der Waals surface area contributed by atoms with Gasteiger partial charge in [0.15, 0.2) is 0 Å². The second-order valence-electron chi connectivity index (χ2n) is 7.64. The van der Waals surface area contributed by atoms with E-state index in [0.29, 0.717) is 11.1 Å². The Morgan fingerprint density at radius 3 is 2.45 bits per heavy atom. The first-order chi connectivity index (χ1) is 15.5. The number of rotatable bonds is 4. The molecule has 0 saturated carbocycles. The fraction of sp³-hybridized carbons (Fsp3) is 0.381. The van der Waals surface area contributed by atoms with Gasteiger partial charge in [0.25, 0.3) is 11.6 Å². The maximum Gasteiger partial charge on any atom is 0.417 e. The van der Waals surface area contributed by atoms with Crippen molar-refractivity contribution in [2.45, 2.75) is 20.0 Å². The summed E-state index contributed by atoms with van der Waals surface area (Å²) >= 11 is 0. The summed E-state index contributed by atoms with van der Waals surface area (Å²) in [5, 5.41) is 4.14. The third-order valence-corrected chi connectivity index (χ3v) is 7.52. The Hall–Kier alpha value is -2.99. The van der Waals surface area contributed by atoms with Crippen LogP contribution in [0.5, 0.6) is 0 Å². The molecule has 0 atom stereocenters. The second-order valence-corrected chi connectivity index (χ2v) is 9.90. The largest absolute Gasteiger partial charge is 0.417 e. The lowest BCUT2D eigenvalue weighted by molar-refractivity contribution is -0.137. The number of alkyl halides is 3. The molecule has 3 heterocycles. The highest BCUT2D eigenvalue weighted by molar-refractivity contribution is 7.89. The van der Waals surface area contributed by atoms with E-state index in [-0.39, 0.29) is 54.5 Å². The number of amides is 1. The van der Waals surface area contributed by atoms with Gasteiger partial charge < -0.3 is 9.42 Å². The Morgan fingerprint density at radius 2 is 1.82 bits per heavy atom. The highest BCUT2D eigenvalue weighted by atomic mass is 32.2. The van der Waals surface area contributed by atoms with Crippen LogP contribution in [0.25, 0.3) is 22.4 Å². The number of sulfonamides is 1. The molecule has 0 N–H and O–H groups in total. The predicted octanol–water partition coefficient (Wildman–Crippen LogP) is 3.32. The molecule has 1 aliphatic heterocycles. The minimum Gasteiger partial charge on any atom is -0.336 e. The van der Waals surface area contributed by atoms with Crippen LogP contribution in [0.1, 0.15) is 28.5 Å². The standard InChI is InChI=1S/C21H21F3N4O4S/c1-3-33(30,31)28-10-8-27(9-11-28)20(29)15-12-17(25-19-18(15)13(2)26-32-19)14-6-4-5-7-16(14)21(22,23)24/h4-7,12H,3,8-11H2,1-2H3. The lowest BCUT2D eigenvalue weighted by Crippen LogP contribution is -2.50. The van der Waals surface area contributed by atoms with Gasteiger partial charge in [0.1, 0.15) is 0 Å². The zero-order valence-electron chi connectivity index (χ0n) is 17.9. The van der Waals surface area contributed by atoms with Crippen molar-refractivity contribution in [3.05, 3.63) is 47.2 Å². The average molecular weight is 482 g/mol. The maximum atomic E-state index is 13.6. The molecule has 0 aliphatic carbocycles. The van der Waals surface area contributed by atoms with Crippen molar-refractivity contribution in [2.24, 2.45) is 0 Å². The molecule has 33 heavy (non-hydrogen) atoms. The van der Waals surface area contributed by atoms with E-state index in [1.165, 1.54) is 33.5 Å². The summed E-state index contributed by atoms with van der Waals surface area (Å²) in [5.41, 5.74) is -0.695. The molecule has 0 spiro atoms. The van der Waals surface area contributed by atoms with Crippen molar-refractivity contribution in [1.82, 2.24) is 19.3 Å². The number of benzene rings is 1. The van der Waals surface area contributed by atoms with Crippen LogP contribution in [-0.2, 0) is 16.2 Å². The molecule has 2 aromatic heterocycles. The molecule has 0 unspecified atom stereocenters. The van der Waals surface area contributed by atoms with Crippen LogP contribution in [0, 0.1) is 6.92 Å². The molecule has 1 fully saturated rings. The normalized spacial score (nSPS) is 15.8. The van der Waals surface area contributed by atoms with E-state index in [1.807, 2.05) is 0 Å². The van der Waals surface area contributed by atoms with Crippen LogP contribution >= 0.6 is 0 Å². The minimum atomic E-state index is -4.62. The smallest absolute Gasteiger partial charge is 0.336 e. The Bertz CT molecular complexity index is 1310. The summed E-state index contributed by atoms with van der Waals surface area (Å²) in [6.07, 6.45) is -4.62. The molecule has 1 aliphatic rings. The Kier molecular flexibility index (Phi) is 5.91. The van der Waals surface area contributed by atoms with Crippen LogP contribution < -0.4 is 0 Å². The van der Waals surface area contributed by atoms with E-state index in [4.69, 9.17) is 4.52 Å². The van der Waals surface area contributed by atoms with Gasteiger partial charge in [-0.1, -0.05) is 23.4 Å². The van der Waals surface area contributed by atoms with E-state index >= 15 is 0 Å². The van der Waals surface area contributed by atoms with Gasteiger partial charge in [-0.3, -0.25) is 4.79 Å². The number of halogens is 3. The first-order valence-electron chi connectivity index (χ1n) is 10.2. The van der Waals surface area contributed by atoms with Gasteiger partial charge in [-0.05, 0) is 26.0 Å². The molecular formula is C21H21F3N4O4S. The van der Waals surface area contributed by atoms with Crippen molar-refractivity contribution in [3.63, 3.8) is 0 Å². The van der Waals surface area contributed by atoms with Crippen LogP contribution in [0.4, 0.5) is 13.2 Å². The van der Waals surface area contributed by atoms with Crippen LogP contribution in [0.2, 0.25) is 0 Å². The number of aromatic nitrogens is 2. The van der Waals surface area contributed by atoms with Crippen LogP contribution in [0.15, 0.2) is 34.9 Å². The van der Waals surface area contributed by atoms with Gasteiger partial charge in [0, 0.05) is 31.7 Å². The van der Waals surface area contributed by atoms with Crippen molar-refractivity contribution >= 4 is 27.0 Å². The lowest BCUT2D eigenvalue weighted by atomic mass is 10.00. The van der Waals surface area contributed by atoms with Crippen LogP contribution in [-0.4, -0.2) is 65.6 Å². The molecule has 8 nitrogen and oxygen atoms in total. The number of hydrogen-bond donors (Lipinski definition) is 0. The van der Waals surface area contributed by atoms with Crippen molar-refractivity contribution in [3.8, 4) is 11.3 Å². The molecule has 1 saturated heterocycles. The molecule has 0 bridgehead atoms. The zero-order chi connectivity index (χ0) is 24.0. The number of nitrogens with zero attached hydrogens (tertiary/aromatic N) is 4. The first-order valence-corrected chi connectivity index (χ1v) is 11.8. The summed E-state index contributed by atoms with van der Waals surface area (Å²) in [5.74, 6) is -0.485. The third kappa shape index (κ3) is 4.32. The summed E-state index contributed by atoms with van der Waals surface area (Å²) < 4.78 is 71.4. The number of hydrogen-bond acceptors (Lipinski definition) is 6. The number of carbonyl (C=O) groups excluding carboxylic acids is 1. The van der Waals surface area contributed by atoms with Crippen molar-refractivity contribution < 1.29 is 30.9 Å². The monoisotopic (exact) mass is 482 g/mol. The van der Waals surface area contributed by atoms with E-state index in [0.717, 1.165) is 6.07 Å². The molecule has 12 heteroatoms. The number of piperazine rings is 1. The number of aryl methyl sites for hydroxylation is 1. The summed E-state index contributed by atoms with van der Waals surface area (Å²) in [7, 11) is -3.38. The van der Waals surface area contributed by atoms with Crippen molar-refractivity contribution in [1.29, 1.82) is 0 Å². The number of carbonyl (C=O) groups is 1. The number of pyridine rings is 1. The molecule has 0 radical (unpaired) electrons. The first kappa shape index (κ1) is 23.2. The van der Waals surface area contributed by atoms with Crippen molar-refractivity contribution in [2.75, 3.05) is 31.9 Å². The Labute approximate surface area is 188 Å². The highest BCUT2D eigenvalue weighted by Gasteiger charge is 2.35. The molecule has 3 aromatic rings. The van der Waals surface area contributed by atoms with Gasteiger partial charge in [0.05, 0.1) is 33.7 Å². The van der Waals surface area contributed by atoms with Crippen LogP contribution in [0.3, 0.4) is 0 Å². The zero-order valence-corrected chi connectivity index (χ0v) is 18.7. The molecule has 176 valence electrons. The highest BCUT2D eigenvalue weighted by Crippen LogP contribution is 2.37. The third-order valence-electron chi connectivity index (χ3n) is 5.64. The van der Waals surface area contributed by atoms with E-state index < -0.39 is 27.7 Å². The number of fused-ring (bicyclic) bond motifs is 1. The molecule has 1 aromatic carbocycles. The van der Waals surface area contributed by atoms with Gasteiger partial charge in [-0.15, -0.1) is 0 Å². The maximum absolute atomic E-state index is 13.6. The Morgan fingerprint density at radius 1 is 1.15 bits per heavy atom. The fourth-order valence-corrected chi connectivity index (χ4v) is 4.96. The average Bonchev–Trinajstić information content (AvgIpc) is 3.18.